The normalized spacial score (nSPS) is 11.1. The summed E-state index contributed by atoms with van der Waals surface area (Å²) in [5.74, 6) is -1.02. The number of phenols is 2. The fraction of sp³-hybridized carbons (Fsp3) is 0.385. The van der Waals surface area contributed by atoms with Gasteiger partial charge in [-0.15, -0.1) is 0 Å². The van der Waals surface area contributed by atoms with E-state index in [0.717, 1.165) is 0 Å². The van der Waals surface area contributed by atoms with E-state index in [1.54, 1.807) is 0 Å². The molecule has 0 heterocycles. The summed E-state index contributed by atoms with van der Waals surface area (Å²) < 4.78 is 0. The van der Waals surface area contributed by atoms with Crippen molar-refractivity contribution < 1.29 is 15.0 Å². The Labute approximate surface area is 117 Å². The lowest BCUT2D eigenvalue weighted by Crippen LogP contribution is -2.55. The van der Waals surface area contributed by atoms with Crippen molar-refractivity contribution in [1.29, 1.82) is 0 Å². The summed E-state index contributed by atoms with van der Waals surface area (Å²) >= 11 is 5.02. The van der Waals surface area contributed by atoms with E-state index in [2.05, 4.69) is 5.32 Å². The van der Waals surface area contributed by atoms with E-state index in [4.69, 9.17) is 18.0 Å². The lowest BCUT2D eigenvalue weighted by molar-refractivity contribution is 0.0919. The Bertz CT molecular complexity index is 499. The average molecular weight is 282 g/mol. The van der Waals surface area contributed by atoms with Crippen LogP contribution in [0.15, 0.2) is 18.2 Å². The highest BCUT2D eigenvalue weighted by atomic mass is 32.1. The number of aromatic hydroxyl groups is 2. The third kappa shape index (κ3) is 3.14. The van der Waals surface area contributed by atoms with Crippen LogP contribution in [0.2, 0.25) is 0 Å². The Balaban J connectivity index is 3.00. The molecule has 1 rings (SSSR count). The van der Waals surface area contributed by atoms with E-state index < -0.39 is 11.4 Å². The van der Waals surface area contributed by atoms with Crippen LogP contribution in [0.4, 0.5) is 0 Å². The lowest BCUT2D eigenvalue weighted by atomic mass is 9.92. The van der Waals surface area contributed by atoms with Gasteiger partial charge < -0.3 is 21.3 Å². The van der Waals surface area contributed by atoms with Crippen LogP contribution in [0, 0.1) is 0 Å². The van der Waals surface area contributed by atoms with Crippen molar-refractivity contribution >= 4 is 23.1 Å². The molecule has 0 aromatic heterocycles. The Morgan fingerprint density at radius 3 is 2.32 bits per heavy atom. The Morgan fingerprint density at radius 2 is 1.89 bits per heavy atom. The van der Waals surface area contributed by atoms with Gasteiger partial charge in [-0.3, -0.25) is 4.79 Å². The van der Waals surface area contributed by atoms with Gasteiger partial charge >= 0.3 is 0 Å². The summed E-state index contributed by atoms with van der Waals surface area (Å²) in [5, 5.41) is 21.4. The standard InChI is InChI=1S/C13H18N2O3S/c1-3-13(4-2,12(14)19)15-11(18)8-5-6-9(16)10(17)7-8/h5-7,16-17H,3-4H2,1-2H3,(H2,14,19)(H,15,18). The smallest absolute Gasteiger partial charge is 0.252 e. The highest BCUT2D eigenvalue weighted by molar-refractivity contribution is 7.80. The number of thiocarbonyl (C=S) groups is 1. The first-order valence-corrected chi connectivity index (χ1v) is 6.41. The zero-order valence-corrected chi connectivity index (χ0v) is 11.8. The molecule has 6 heteroatoms. The topological polar surface area (TPSA) is 95.6 Å². The summed E-state index contributed by atoms with van der Waals surface area (Å²) in [6.07, 6.45) is 1.16. The third-order valence-electron chi connectivity index (χ3n) is 3.27. The van der Waals surface area contributed by atoms with Crippen LogP contribution in [0.1, 0.15) is 37.0 Å². The number of carbonyl (C=O) groups excluding carboxylic acids is 1. The quantitative estimate of drug-likeness (QED) is 0.487. The molecule has 0 unspecified atom stereocenters. The Morgan fingerprint density at radius 1 is 1.32 bits per heavy atom. The molecule has 0 aliphatic carbocycles. The molecule has 0 fully saturated rings. The molecule has 5 N–H and O–H groups in total. The van der Waals surface area contributed by atoms with E-state index in [1.807, 2.05) is 13.8 Å². The molecular formula is C13H18N2O3S. The molecule has 0 aliphatic heterocycles. The SMILES string of the molecule is CCC(CC)(NC(=O)c1ccc(O)c(O)c1)C(N)=S. The molecule has 0 saturated heterocycles. The fourth-order valence-electron chi connectivity index (χ4n) is 1.79. The van der Waals surface area contributed by atoms with Crippen molar-refractivity contribution in [1.82, 2.24) is 5.32 Å². The van der Waals surface area contributed by atoms with Crippen molar-refractivity contribution in [3.8, 4) is 11.5 Å². The number of nitrogens with two attached hydrogens (primary N) is 1. The van der Waals surface area contributed by atoms with Crippen LogP contribution in [-0.2, 0) is 0 Å². The van der Waals surface area contributed by atoms with Gasteiger partial charge in [0.1, 0.15) is 0 Å². The van der Waals surface area contributed by atoms with Crippen LogP contribution in [0.25, 0.3) is 0 Å². The second-order valence-electron chi connectivity index (χ2n) is 4.31. The molecule has 1 aromatic carbocycles. The molecule has 104 valence electrons. The van der Waals surface area contributed by atoms with Crippen LogP contribution < -0.4 is 11.1 Å². The number of carbonyl (C=O) groups is 1. The fourth-order valence-corrected chi connectivity index (χ4v) is 2.13. The molecule has 0 aliphatic rings. The Hall–Kier alpha value is -1.82. The molecule has 0 saturated carbocycles. The maximum Gasteiger partial charge on any atom is 0.252 e. The van der Waals surface area contributed by atoms with Crippen LogP contribution in [0.5, 0.6) is 11.5 Å². The maximum atomic E-state index is 12.1. The molecule has 0 atom stereocenters. The highest BCUT2D eigenvalue weighted by Gasteiger charge is 2.31. The molecule has 0 spiro atoms. The zero-order chi connectivity index (χ0) is 14.6. The van der Waals surface area contributed by atoms with E-state index in [-0.39, 0.29) is 22.1 Å². The van der Waals surface area contributed by atoms with Crippen molar-refractivity contribution in [2.24, 2.45) is 5.73 Å². The zero-order valence-electron chi connectivity index (χ0n) is 10.9. The molecule has 19 heavy (non-hydrogen) atoms. The van der Waals surface area contributed by atoms with Gasteiger partial charge in [0.15, 0.2) is 11.5 Å². The van der Waals surface area contributed by atoms with Crippen LogP contribution in [-0.4, -0.2) is 26.6 Å². The number of nitrogens with one attached hydrogen (secondary N) is 1. The number of phenolic OH excluding ortho intramolecular Hbond substituents is 2. The van der Waals surface area contributed by atoms with E-state index >= 15 is 0 Å². The van der Waals surface area contributed by atoms with Crippen LogP contribution >= 0.6 is 12.2 Å². The second-order valence-corrected chi connectivity index (χ2v) is 4.75. The first-order chi connectivity index (χ1) is 8.86. The van der Waals surface area contributed by atoms with Crippen molar-refractivity contribution in [2.45, 2.75) is 32.2 Å². The van der Waals surface area contributed by atoms with E-state index in [1.165, 1.54) is 18.2 Å². The van der Waals surface area contributed by atoms with Gasteiger partial charge in [-0.05, 0) is 31.0 Å². The molecule has 0 radical (unpaired) electrons. The van der Waals surface area contributed by atoms with Gasteiger partial charge in [0.2, 0.25) is 0 Å². The van der Waals surface area contributed by atoms with Gasteiger partial charge in [0, 0.05) is 5.56 Å². The minimum Gasteiger partial charge on any atom is -0.504 e. The summed E-state index contributed by atoms with van der Waals surface area (Å²) in [5.41, 5.74) is 5.20. The molecule has 1 amide bonds. The summed E-state index contributed by atoms with van der Waals surface area (Å²) in [4.78, 5) is 12.4. The lowest BCUT2D eigenvalue weighted by Gasteiger charge is -2.31. The number of hydrogen-bond donors (Lipinski definition) is 4. The van der Waals surface area contributed by atoms with Gasteiger partial charge in [-0.1, -0.05) is 26.1 Å². The summed E-state index contributed by atoms with van der Waals surface area (Å²) in [6, 6.07) is 3.87. The number of amides is 1. The molecule has 5 nitrogen and oxygen atoms in total. The first-order valence-electron chi connectivity index (χ1n) is 6.00. The largest absolute Gasteiger partial charge is 0.504 e. The van der Waals surface area contributed by atoms with E-state index in [9.17, 15) is 15.0 Å². The Kier molecular flexibility index (Phi) is 4.72. The highest BCUT2D eigenvalue weighted by Crippen LogP contribution is 2.25. The maximum absolute atomic E-state index is 12.1. The van der Waals surface area contributed by atoms with Crippen molar-refractivity contribution in [3.05, 3.63) is 23.8 Å². The predicted molar refractivity (Wildman–Crippen MR) is 77.3 cm³/mol. The second kappa shape index (κ2) is 5.88. The predicted octanol–water partition coefficient (Wildman–Crippen LogP) is 1.67. The molecule has 1 aromatic rings. The third-order valence-corrected chi connectivity index (χ3v) is 3.66. The van der Waals surface area contributed by atoms with Gasteiger partial charge in [0.25, 0.3) is 5.91 Å². The number of hydrogen-bond acceptors (Lipinski definition) is 4. The number of rotatable bonds is 5. The minimum atomic E-state index is -0.736. The van der Waals surface area contributed by atoms with Gasteiger partial charge in [-0.25, -0.2) is 0 Å². The van der Waals surface area contributed by atoms with Crippen molar-refractivity contribution in [2.75, 3.05) is 0 Å². The molecular weight excluding hydrogens is 264 g/mol. The van der Waals surface area contributed by atoms with Crippen LogP contribution in [0.3, 0.4) is 0 Å². The summed E-state index contributed by atoms with van der Waals surface area (Å²) in [6.45, 7) is 3.77. The summed E-state index contributed by atoms with van der Waals surface area (Å²) in [7, 11) is 0. The van der Waals surface area contributed by atoms with Gasteiger partial charge in [0.05, 0.1) is 10.5 Å². The first kappa shape index (κ1) is 15.2. The monoisotopic (exact) mass is 282 g/mol. The molecule has 0 bridgehead atoms. The van der Waals surface area contributed by atoms with Gasteiger partial charge in [-0.2, -0.15) is 0 Å². The average Bonchev–Trinajstić information content (AvgIpc) is 2.38. The number of benzene rings is 1. The van der Waals surface area contributed by atoms with E-state index in [0.29, 0.717) is 12.8 Å². The van der Waals surface area contributed by atoms with Crippen molar-refractivity contribution in [3.63, 3.8) is 0 Å². The minimum absolute atomic E-state index is 0.230.